The zero-order valence-electron chi connectivity index (χ0n) is 10.7. The molecule has 14 heavy (non-hydrogen) atoms. The van der Waals surface area contributed by atoms with Crippen molar-refractivity contribution in [2.24, 2.45) is 0 Å². The minimum Gasteiger partial charge on any atom is -0.516 e. The van der Waals surface area contributed by atoms with Gasteiger partial charge in [0.15, 0.2) is 0 Å². The van der Waals surface area contributed by atoms with Crippen LogP contribution in [0.3, 0.4) is 0 Å². The molecule has 0 aromatic heterocycles. The van der Waals surface area contributed by atoms with Gasteiger partial charge in [-0.25, -0.2) is 0 Å². The predicted molar refractivity (Wildman–Crippen MR) is 66.7 cm³/mol. The lowest BCUT2D eigenvalue weighted by Crippen LogP contribution is -1.76. The molecule has 0 radical (unpaired) electrons. The lowest BCUT2D eigenvalue weighted by Gasteiger charge is -1.79. The first-order valence-corrected chi connectivity index (χ1v) is 5.23. The van der Waals surface area contributed by atoms with Crippen LogP contribution in [0, 0.1) is 0 Å². The number of hydrogen-bond donors (Lipinski definition) is 2. The van der Waals surface area contributed by atoms with E-state index in [1.54, 1.807) is 13.0 Å². The molecule has 0 aliphatic carbocycles. The van der Waals surface area contributed by atoms with Crippen LogP contribution < -0.4 is 0 Å². The quantitative estimate of drug-likeness (QED) is 0.525. The molecular formula is C12H28O2. The first kappa shape index (κ1) is 23.2. The predicted octanol–water partition coefficient (Wildman–Crippen LogP) is 4.08. The molecule has 88 valence electrons. The molecule has 2 nitrogen and oxygen atoms in total. The van der Waals surface area contributed by atoms with E-state index in [-0.39, 0.29) is 6.61 Å². The summed E-state index contributed by atoms with van der Waals surface area (Å²) in [5, 5.41) is 15.9. The smallest absolute Gasteiger partial charge is 0.0751 e. The molecule has 0 aromatic rings. The van der Waals surface area contributed by atoms with Crippen LogP contribution in [0.2, 0.25) is 0 Å². The fourth-order valence-corrected chi connectivity index (χ4v) is 0.105. The normalized spacial score (nSPS) is 7.07. The van der Waals surface area contributed by atoms with Gasteiger partial charge in [0, 0.05) is 0 Å². The molecule has 2 heteroatoms. The Morgan fingerprint density at radius 1 is 1.21 bits per heavy atom. The van der Waals surface area contributed by atoms with Crippen LogP contribution in [0.1, 0.15) is 48.0 Å². The Labute approximate surface area is 90.0 Å². The van der Waals surface area contributed by atoms with Gasteiger partial charge in [-0.3, -0.25) is 0 Å². The van der Waals surface area contributed by atoms with Gasteiger partial charge in [-0.15, -0.1) is 0 Å². The topological polar surface area (TPSA) is 40.5 Å². The van der Waals surface area contributed by atoms with Gasteiger partial charge in [0.25, 0.3) is 0 Å². The van der Waals surface area contributed by atoms with Gasteiger partial charge in [-0.05, 0) is 13.3 Å². The highest BCUT2D eigenvalue weighted by Crippen LogP contribution is 1.76. The SMILES string of the molecule is C=C(C)CO.CC.CC.CC/C=C/O. The first-order valence-electron chi connectivity index (χ1n) is 5.23. The summed E-state index contributed by atoms with van der Waals surface area (Å²) in [5.41, 5.74) is 0.810. The molecule has 0 saturated carbocycles. The summed E-state index contributed by atoms with van der Waals surface area (Å²) in [6, 6.07) is 0. The number of rotatable bonds is 2. The summed E-state index contributed by atoms with van der Waals surface area (Å²) >= 11 is 0. The minimum atomic E-state index is 0.111. The van der Waals surface area contributed by atoms with Crippen molar-refractivity contribution in [1.29, 1.82) is 0 Å². The zero-order chi connectivity index (χ0) is 12.4. The van der Waals surface area contributed by atoms with Crippen molar-refractivity contribution in [2.75, 3.05) is 6.61 Å². The van der Waals surface area contributed by atoms with Gasteiger partial charge in [0.05, 0.1) is 12.9 Å². The molecule has 0 spiro atoms. The number of allylic oxidation sites excluding steroid dienone is 1. The zero-order valence-corrected chi connectivity index (χ0v) is 10.7. The van der Waals surface area contributed by atoms with Crippen molar-refractivity contribution < 1.29 is 10.2 Å². The summed E-state index contributed by atoms with van der Waals surface area (Å²) < 4.78 is 0. The molecule has 0 heterocycles. The van der Waals surface area contributed by atoms with Crippen LogP contribution in [0.25, 0.3) is 0 Å². The summed E-state index contributed by atoms with van der Waals surface area (Å²) in [6.45, 7) is 15.3. The largest absolute Gasteiger partial charge is 0.516 e. The maximum absolute atomic E-state index is 8.04. The monoisotopic (exact) mass is 204 g/mol. The molecule has 2 N–H and O–H groups in total. The molecule has 0 bridgehead atoms. The summed E-state index contributed by atoms with van der Waals surface area (Å²) in [6.07, 6.45) is 3.65. The van der Waals surface area contributed by atoms with Crippen LogP contribution in [-0.4, -0.2) is 16.8 Å². The Bertz CT molecular complexity index is 96.5. The van der Waals surface area contributed by atoms with E-state index in [0.717, 1.165) is 18.3 Å². The summed E-state index contributed by atoms with van der Waals surface area (Å²) in [5.74, 6) is 0. The van der Waals surface area contributed by atoms with E-state index < -0.39 is 0 Å². The third kappa shape index (κ3) is 112. The van der Waals surface area contributed by atoms with Crippen molar-refractivity contribution in [2.45, 2.75) is 48.0 Å². The number of aliphatic hydroxyl groups is 2. The number of aliphatic hydroxyl groups excluding tert-OH is 2. The fraction of sp³-hybridized carbons (Fsp3) is 0.667. The Balaban J connectivity index is -0.0000000528. The van der Waals surface area contributed by atoms with Crippen LogP contribution in [-0.2, 0) is 0 Å². The Hall–Kier alpha value is -0.760. The van der Waals surface area contributed by atoms with E-state index in [1.807, 2.05) is 34.6 Å². The van der Waals surface area contributed by atoms with E-state index in [0.29, 0.717) is 0 Å². The van der Waals surface area contributed by atoms with Crippen molar-refractivity contribution >= 4 is 0 Å². The van der Waals surface area contributed by atoms with E-state index >= 15 is 0 Å². The summed E-state index contributed by atoms with van der Waals surface area (Å²) in [7, 11) is 0. The van der Waals surface area contributed by atoms with Crippen molar-refractivity contribution in [3.05, 3.63) is 24.5 Å². The highest BCUT2D eigenvalue weighted by atomic mass is 16.3. The van der Waals surface area contributed by atoms with Crippen molar-refractivity contribution in [3.8, 4) is 0 Å². The second-order valence-electron chi connectivity index (χ2n) is 1.91. The Morgan fingerprint density at radius 3 is 1.50 bits per heavy atom. The molecule has 0 atom stereocenters. The second kappa shape index (κ2) is 39.7. The molecular weight excluding hydrogens is 176 g/mol. The Kier molecular flexibility index (Phi) is 65.9. The van der Waals surface area contributed by atoms with E-state index in [4.69, 9.17) is 10.2 Å². The van der Waals surface area contributed by atoms with Crippen LogP contribution in [0.5, 0.6) is 0 Å². The molecule has 0 aromatic carbocycles. The first-order chi connectivity index (χ1) is 6.68. The molecule has 0 aliphatic heterocycles. The van der Waals surface area contributed by atoms with Crippen molar-refractivity contribution in [3.63, 3.8) is 0 Å². The fourth-order valence-electron chi connectivity index (χ4n) is 0.105. The lowest BCUT2D eigenvalue weighted by atomic mass is 10.4. The molecule has 0 unspecified atom stereocenters. The Morgan fingerprint density at radius 2 is 1.50 bits per heavy atom. The lowest BCUT2D eigenvalue weighted by molar-refractivity contribution is 0.332. The molecule has 0 saturated heterocycles. The van der Waals surface area contributed by atoms with Gasteiger partial charge >= 0.3 is 0 Å². The van der Waals surface area contributed by atoms with E-state index in [2.05, 4.69) is 6.58 Å². The minimum absolute atomic E-state index is 0.111. The van der Waals surface area contributed by atoms with E-state index in [9.17, 15) is 0 Å². The van der Waals surface area contributed by atoms with Gasteiger partial charge in [0.2, 0.25) is 0 Å². The van der Waals surface area contributed by atoms with E-state index in [1.165, 1.54) is 0 Å². The molecule has 0 fully saturated rings. The van der Waals surface area contributed by atoms with Gasteiger partial charge in [0.1, 0.15) is 0 Å². The molecule has 0 rings (SSSR count). The molecule has 0 amide bonds. The van der Waals surface area contributed by atoms with Crippen molar-refractivity contribution in [1.82, 2.24) is 0 Å². The number of hydrogen-bond acceptors (Lipinski definition) is 2. The van der Waals surface area contributed by atoms with Crippen LogP contribution in [0.15, 0.2) is 24.5 Å². The van der Waals surface area contributed by atoms with Gasteiger partial charge in [-0.1, -0.05) is 52.8 Å². The third-order valence-electron chi connectivity index (χ3n) is 0.611. The third-order valence-corrected chi connectivity index (χ3v) is 0.611. The van der Waals surface area contributed by atoms with Crippen LogP contribution in [0.4, 0.5) is 0 Å². The average molecular weight is 204 g/mol. The highest BCUT2D eigenvalue weighted by molar-refractivity contribution is 4.85. The standard InChI is InChI=1S/2C4H8O.2C2H6/c1-4(2)3-5;1-2-3-4-5;2*1-2/h5H,1,3H2,2H3;3-5H,2H2,1H3;2*1-2H3/b;4-3+;;. The average Bonchev–Trinajstić information content (AvgIpc) is 2.26. The highest BCUT2D eigenvalue weighted by Gasteiger charge is 1.69. The van der Waals surface area contributed by atoms with Crippen LogP contribution >= 0.6 is 0 Å². The van der Waals surface area contributed by atoms with Gasteiger partial charge < -0.3 is 10.2 Å². The maximum atomic E-state index is 8.04. The second-order valence-corrected chi connectivity index (χ2v) is 1.91. The maximum Gasteiger partial charge on any atom is 0.0751 e. The van der Waals surface area contributed by atoms with Gasteiger partial charge in [-0.2, -0.15) is 0 Å². The summed E-state index contributed by atoms with van der Waals surface area (Å²) in [4.78, 5) is 0. The molecule has 0 aliphatic rings.